The van der Waals surface area contributed by atoms with Gasteiger partial charge in [-0.3, -0.25) is 9.69 Å². The molecule has 2 fully saturated rings. The van der Waals surface area contributed by atoms with Crippen LogP contribution in [0.5, 0.6) is 0 Å². The molecule has 3 heterocycles. The van der Waals surface area contributed by atoms with Crippen molar-refractivity contribution in [3.8, 4) is 0 Å². The molecule has 2 atom stereocenters. The van der Waals surface area contributed by atoms with E-state index in [1.807, 2.05) is 37.4 Å². The van der Waals surface area contributed by atoms with E-state index in [4.69, 9.17) is 11.6 Å². The number of piperidine rings is 1. The second-order valence-electron chi connectivity index (χ2n) is 8.82. The minimum absolute atomic E-state index is 0.00358. The summed E-state index contributed by atoms with van der Waals surface area (Å²) in [6.45, 7) is 4.29. The number of hydrogen-bond acceptors (Lipinski definition) is 5. The van der Waals surface area contributed by atoms with Gasteiger partial charge in [-0.1, -0.05) is 29.8 Å². The van der Waals surface area contributed by atoms with Crippen molar-refractivity contribution < 1.29 is 14.7 Å². The quantitative estimate of drug-likeness (QED) is 0.715. The van der Waals surface area contributed by atoms with E-state index in [1.165, 1.54) is 11.9 Å². The van der Waals surface area contributed by atoms with Gasteiger partial charge in [0.1, 0.15) is 11.4 Å². The van der Waals surface area contributed by atoms with Crippen molar-refractivity contribution in [2.75, 3.05) is 38.1 Å². The smallest absolute Gasteiger partial charge is 0.407 e. The molecule has 2 aromatic rings. The van der Waals surface area contributed by atoms with E-state index in [9.17, 15) is 14.7 Å². The highest BCUT2D eigenvalue weighted by Gasteiger charge is 2.56. The zero-order chi connectivity index (χ0) is 22.9. The van der Waals surface area contributed by atoms with Crippen molar-refractivity contribution >= 4 is 29.3 Å². The average molecular weight is 457 g/mol. The molecular weight excluding hydrogens is 428 g/mol. The first-order valence-corrected chi connectivity index (χ1v) is 11.4. The molecule has 1 amide bonds. The SMILES string of the molecule is Cc1ccc(N2CCC(C(=O)[C@@]3(N(C)C(=O)O)CNC[C@H]3c3ccc(Cl)cc3)CC2)nc1. The molecule has 4 rings (SSSR count). The predicted molar refractivity (Wildman–Crippen MR) is 124 cm³/mol. The predicted octanol–water partition coefficient (Wildman–Crippen LogP) is 3.56. The van der Waals surface area contributed by atoms with Gasteiger partial charge in [0, 0.05) is 56.3 Å². The number of carboxylic acid groups (broad SMARTS) is 1. The van der Waals surface area contributed by atoms with Crippen LogP contribution in [0, 0.1) is 12.8 Å². The fourth-order valence-electron chi connectivity index (χ4n) is 5.11. The number of aryl methyl sites for hydroxylation is 1. The molecule has 2 N–H and O–H groups in total. The van der Waals surface area contributed by atoms with E-state index >= 15 is 0 Å². The maximum absolute atomic E-state index is 14.0. The molecular formula is C24H29ClN4O3. The number of rotatable bonds is 5. The first kappa shape index (κ1) is 22.6. The second-order valence-corrected chi connectivity index (χ2v) is 9.26. The molecule has 0 spiro atoms. The number of aromatic nitrogens is 1. The van der Waals surface area contributed by atoms with Gasteiger partial charge < -0.3 is 15.3 Å². The summed E-state index contributed by atoms with van der Waals surface area (Å²) >= 11 is 6.06. The Balaban J connectivity index is 1.58. The van der Waals surface area contributed by atoms with Crippen LogP contribution in [0.2, 0.25) is 5.02 Å². The third-order valence-corrected chi connectivity index (χ3v) is 7.24. The molecule has 170 valence electrons. The van der Waals surface area contributed by atoms with E-state index in [0.29, 0.717) is 31.0 Å². The third kappa shape index (κ3) is 4.07. The van der Waals surface area contributed by atoms with Gasteiger partial charge in [0.05, 0.1) is 0 Å². The number of ketones is 1. The summed E-state index contributed by atoms with van der Waals surface area (Å²) in [4.78, 5) is 34.0. The summed E-state index contributed by atoms with van der Waals surface area (Å²) in [5, 5.41) is 13.8. The van der Waals surface area contributed by atoms with Gasteiger partial charge >= 0.3 is 6.09 Å². The lowest BCUT2D eigenvalue weighted by Crippen LogP contribution is -2.61. The number of benzene rings is 1. The molecule has 2 aliphatic heterocycles. The standard InChI is InChI=1S/C24H29ClN4O3/c1-16-3-8-21(27-13-16)29-11-9-18(10-12-29)22(30)24(28(2)23(31)32)15-26-14-20(24)17-4-6-19(25)7-5-17/h3-8,13,18,20,26H,9-12,14-15H2,1-2H3,(H,31,32)/t20-,24+/m0/s1. The zero-order valence-electron chi connectivity index (χ0n) is 18.4. The molecule has 7 nitrogen and oxygen atoms in total. The van der Waals surface area contributed by atoms with Crippen LogP contribution < -0.4 is 10.2 Å². The lowest BCUT2D eigenvalue weighted by Gasteiger charge is -2.43. The minimum atomic E-state index is -1.14. The Bertz CT molecular complexity index is 974. The molecule has 1 aromatic heterocycles. The van der Waals surface area contributed by atoms with Gasteiger partial charge in [-0.25, -0.2) is 9.78 Å². The van der Waals surface area contributed by atoms with Gasteiger partial charge in [-0.2, -0.15) is 0 Å². The Morgan fingerprint density at radius 2 is 1.88 bits per heavy atom. The number of hydrogen-bond donors (Lipinski definition) is 2. The molecule has 0 unspecified atom stereocenters. The van der Waals surface area contributed by atoms with Crippen LogP contribution in [0.15, 0.2) is 42.6 Å². The number of anilines is 1. The van der Waals surface area contributed by atoms with Crippen LogP contribution in [0.4, 0.5) is 10.6 Å². The largest absolute Gasteiger partial charge is 0.465 e. The van der Waals surface area contributed by atoms with Crippen LogP contribution in [0.1, 0.15) is 29.9 Å². The molecule has 0 radical (unpaired) electrons. The Kier molecular flexibility index (Phi) is 6.40. The number of amides is 1. The van der Waals surface area contributed by atoms with Gasteiger partial charge in [0.15, 0.2) is 5.78 Å². The van der Waals surface area contributed by atoms with Crippen LogP contribution in [-0.4, -0.2) is 65.6 Å². The van der Waals surface area contributed by atoms with Crippen molar-refractivity contribution in [3.63, 3.8) is 0 Å². The van der Waals surface area contributed by atoms with Crippen LogP contribution in [0.3, 0.4) is 0 Å². The minimum Gasteiger partial charge on any atom is -0.465 e. The Hall–Kier alpha value is -2.64. The highest BCUT2D eigenvalue weighted by Crippen LogP contribution is 2.41. The zero-order valence-corrected chi connectivity index (χ0v) is 19.2. The lowest BCUT2D eigenvalue weighted by molar-refractivity contribution is -0.134. The lowest BCUT2D eigenvalue weighted by atomic mass is 9.72. The number of Topliss-reactive ketones (excluding diaryl/α,β-unsaturated/α-hetero) is 1. The van der Waals surface area contributed by atoms with E-state index in [-0.39, 0.29) is 17.6 Å². The summed E-state index contributed by atoms with van der Waals surface area (Å²) in [7, 11) is 1.52. The van der Waals surface area contributed by atoms with Crippen LogP contribution >= 0.6 is 11.6 Å². The summed E-state index contributed by atoms with van der Waals surface area (Å²) in [6.07, 6.45) is 2.11. The second kappa shape index (κ2) is 9.08. The first-order chi connectivity index (χ1) is 15.3. The molecule has 0 aliphatic carbocycles. The topological polar surface area (TPSA) is 85.8 Å². The van der Waals surface area contributed by atoms with E-state index < -0.39 is 11.6 Å². The van der Waals surface area contributed by atoms with Crippen molar-refractivity contribution in [3.05, 3.63) is 58.7 Å². The fourth-order valence-corrected chi connectivity index (χ4v) is 5.23. The molecule has 0 bridgehead atoms. The fraction of sp³-hybridized carbons (Fsp3) is 0.458. The first-order valence-electron chi connectivity index (χ1n) is 11.0. The number of nitrogens with one attached hydrogen (secondary N) is 1. The monoisotopic (exact) mass is 456 g/mol. The van der Waals surface area contributed by atoms with E-state index in [2.05, 4.69) is 15.2 Å². The Morgan fingerprint density at radius 3 is 2.47 bits per heavy atom. The van der Waals surface area contributed by atoms with Gasteiger partial charge in [-0.05, 0) is 49.1 Å². The van der Waals surface area contributed by atoms with E-state index in [0.717, 1.165) is 30.0 Å². The average Bonchev–Trinajstić information content (AvgIpc) is 3.25. The third-order valence-electron chi connectivity index (χ3n) is 6.99. The van der Waals surface area contributed by atoms with Gasteiger partial charge in [-0.15, -0.1) is 0 Å². The highest BCUT2D eigenvalue weighted by molar-refractivity contribution is 6.30. The van der Waals surface area contributed by atoms with Gasteiger partial charge in [0.2, 0.25) is 0 Å². The number of halogens is 1. The summed E-state index contributed by atoms with van der Waals surface area (Å²) < 4.78 is 0. The Morgan fingerprint density at radius 1 is 1.19 bits per heavy atom. The molecule has 2 saturated heterocycles. The number of likely N-dealkylation sites (N-methyl/N-ethyl adjacent to an activating group) is 1. The maximum Gasteiger partial charge on any atom is 0.407 e. The summed E-state index contributed by atoms with van der Waals surface area (Å²) in [5.74, 6) is 0.447. The number of pyridine rings is 1. The van der Waals surface area contributed by atoms with Crippen LogP contribution in [-0.2, 0) is 4.79 Å². The maximum atomic E-state index is 14.0. The van der Waals surface area contributed by atoms with Crippen molar-refractivity contribution in [2.45, 2.75) is 31.2 Å². The van der Waals surface area contributed by atoms with E-state index in [1.54, 1.807) is 12.1 Å². The van der Waals surface area contributed by atoms with Crippen molar-refractivity contribution in [1.82, 2.24) is 15.2 Å². The molecule has 0 saturated carbocycles. The highest BCUT2D eigenvalue weighted by atomic mass is 35.5. The number of carbonyl (C=O) groups excluding carboxylic acids is 1. The summed E-state index contributed by atoms with van der Waals surface area (Å²) in [6, 6.07) is 11.4. The Labute approximate surface area is 193 Å². The normalized spacial score (nSPS) is 23.8. The number of carbonyl (C=O) groups is 2. The van der Waals surface area contributed by atoms with Crippen LogP contribution in [0.25, 0.3) is 0 Å². The molecule has 32 heavy (non-hydrogen) atoms. The van der Waals surface area contributed by atoms with Crippen molar-refractivity contribution in [2.24, 2.45) is 5.92 Å². The number of nitrogens with zero attached hydrogens (tertiary/aromatic N) is 3. The molecule has 1 aromatic carbocycles. The van der Waals surface area contributed by atoms with Gasteiger partial charge in [0.25, 0.3) is 0 Å². The molecule has 8 heteroatoms. The van der Waals surface area contributed by atoms with Crippen molar-refractivity contribution in [1.29, 1.82) is 0 Å². The summed E-state index contributed by atoms with van der Waals surface area (Å²) in [5.41, 5.74) is 0.885. The molecule has 2 aliphatic rings.